The zero-order valence-electron chi connectivity index (χ0n) is 16.9. The van der Waals surface area contributed by atoms with Gasteiger partial charge < -0.3 is 14.8 Å². The topological polar surface area (TPSA) is 65.4 Å². The first-order chi connectivity index (χ1) is 14.1. The summed E-state index contributed by atoms with van der Waals surface area (Å²) in [6.45, 7) is 7.04. The first-order valence-electron chi connectivity index (χ1n) is 9.95. The molecule has 0 radical (unpaired) electrons. The lowest BCUT2D eigenvalue weighted by Crippen LogP contribution is -2.24. The SMILES string of the molecule is CCOc1ccc(C2CC(=O)Nc3c2cnn3-c2ccccc2C)cc1OCC. The summed E-state index contributed by atoms with van der Waals surface area (Å²) in [5.74, 6) is 2.03. The van der Waals surface area contributed by atoms with Crippen molar-refractivity contribution in [3.63, 3.8) is 0 Å². The Morgan fingerprint density at radius 3 is 2.62 bits per heavy atom. The predicted octanol–water partition coefficient (Wildman–Crippen LogP) is 4.45. The number of para-hydroxylation sites is 1. The summed E-state index contributed by atoms with van der Waals surface area (Å²) in [6.07, 6.45) is 2.22. The molecule has 1 unspecified atom stereocenters. The van der Waals surface area contributed by atoms with E-state index < -0.39 is 0 Å². The van der Waals surface area contributed by atoms with Crippen molar-refractivity contribution in [1.29, 1.82) is 0 Å². The highest BCUT2D eigenvalue weighted by Gasteiger charge is 2.31. The van der Waals surface area contributed by atoms with Crippen LogP contribution in [0.1, 0.15) is 42.9 Å². The van der Waals surface area contributed by atoms with Crippen LogP contribution in [0.15, 0.2) is 48.7 Å². The van der Waals surface area contributed by atoms with Crippen molar-refractivity contribution in [2.24, 2.45) is 0 Å². The summed E-state index contributed by atoms with van der Waals surface area (Å²) in [5, 5.41) is 7.60. The largest absolute Gasteiger partial charge is 0.490 e. The second-order valence-corrected chi connectivity index (χ2v) is 7.02. The van der Waals surface area contributed by atoms with Gasteiger partial charge in [0, 0.05) is 17.9 Å². The first-order valence-corrected chi connectivity index (χ1v) is 9.95. The average Bonchev–Trinajstić information content (AvgIpc) is 3.13. The Morgan fingerprint density at radius 2 is 1.86 bits per heavy atom. The number of rotatable bonds is 6. The number of hydrogen-bond acceptors (Lipinski definition) is 4. The zero-order valence-corrected chi connectivity index (χ0v) is 16.9. The van der Waals surface area contributed by atoms with Crippen molar-refractivity contribution in [3.05, 3.63) is 65.4 Å². The second-order valence-electron chi connectivity index (χ2n) is 7.02. The van der Waals surface area contributed by atoms with E-state index in [1.807, 2.05) is 74.1 Å². The molecule has 150 valence electrons. The van der Waals surface area contributed by atoms with Crippen molar-refractivity contribution in [2.45, 2.75) is 33.1 Å². The highest BCUT2D eigenvalue weighted by Crippen LogP contribution is 2.41. The van der Waals surface area contributed by atoms with Gasteiger partial charge in [0.15, 0.2) is 11.5 Å². The number of ether oxygens (including phenoxy) is 2. The lowest BCUT2D eigenvalue weighted by Gasteiger charge is -2.25. The number of aromatic nitrogens is 2. The lowest BCUT2D eigenvalue weighted by molar-refractivity contribution is -0.116. The van der Waals surface area contributed by atoms with Gasteiger partial charge in [0.05, 0.1) is 25.1 Å². The third kappa shape index (κ3) is 3.58. The van der Waals surface area contributed by atoms with E-state index in [4.69, 9.17) is 9.47 Å². The Balaban J connectivity index is 1.77. The van der Waals surface area contributed by atoms with Gasteiger partial charge >= 0.3 is 0 Å². The van der Waals surface area contributed by atoms with Gasteiger partial charge in [-0.2, -0.15) is 5.10 Å². The molecule has 0 spiro atoms. The summed E-state index contributed by atoms with van der Waals surface area (Å²) < 4.78 is 13.3. The molecule has 1 atom stereocenters. The third-order valence-corrected chi connectivity index (χ3v) is 5.13. The number of benzene rings is 2. The standard InChI is InChI=1S/C23H25N3O3/c1-4-28-20-11-10-16(12-21(20)29-5-2)17-13-22(27)25-23-18(17)14-24-26(23)19-9-7-6-8-15(19)3/h6-12,14,17H,4-5,13H2,1-3H3,(H,25,27). The third-order valence-electron chi connectivity index (χ3n) is 5.13. The van der Waals surface area contributed by atoms with Gasteiger partial charge in [-0.1, -0.05) is 24.3 Å². The average molecular weight is 391 g/mol. The van der Waals surface area contributed by atoms with Crippen LogP contribution in [-0.4, -0.2) is 28.9 Å². The van der Waals surface area contributed by atoms with Crippen molar-refractivity contribution >= 4 is 11.7 Å². The molecule has 2 aromatic carbocycles. The maximum atomic E-state index is 12.5. The van der Waals surface area contributed by atoms with Gasteiger partial charge in [0.25, 0.3) is 0 Å². The fraction of sp³-hybridized carbons (Fsp3) is 0.304. The quantitative estimate of drug-likeness (QED) is 0.674. The van der Waals surface area contributed by atoms with Crippen LogP contribution in [0.5, 0.6) is 11.5 Å². The molecule has 29 heavy (non-hydrogen) atoms. The molecule has 4 rings (SSSR count). The number of carbonyl (C=O) groups is 1. The van der Waals surface area contributed by atoms with Gasteiger partial charge in [0.2, 0.25) is 5.91 Å². The maximum Gasteiger partial charge on any atom is 0.226 e. The number of nitrogens with zero attached hydrogens (tertiary/aromatic N) is 2. The highest BCUT2D eigenvalue weighted by atomic mass is 16.5. The number of anilines is 1. The van der Waals surface area contributed by atoms with E-state index in [9.17, 15) is 4.79 Å². The monoisotopic (exact) mass is 391 g/mol. The number of nitrogens with one attached hydrogen (secondary N) is 1. The number of amides is 1. The smallest absolute Gasteiger partial charge is 0.226 e. The summed E-state index contributed by atoms with van der Waals surface area (Å²) in [4.78, 5) is 12.5. The summed E-state index contributed by atoms with van der Waals surface area (Å²) in [6, 6.07) is 13.9. The van der Waals surface area contributed by atoms with E-state index in [0.29, 0.717) is 31.1 Å². The van der Waals surface area contributed by atoms with E-state index in [2.05, 4.69) is 10.4 Å². The number of fused-ring (bicyclic) bond motifs is 1. The molecular weight excluding hydrogens is 366 g/mol. The van der Waals surface area contributed by atoms with E-state index in [-0.39, 0.29) is 11.8 Å². The molecule has 1 N–H and O–H groups in total. The van der Waals surface area contributed by atoms with Crippen molar-refractivity contribution < 1.29 is 14.3 Å². The van der Waals surface area contributed by atoms with Crippen LogP contribution < -0.4 is 14.8 Å². The maximum absolute atomic E-state index is 12.5. The predicted molar refractivity (Wildman–Crippen MR) is 112 cm³/mol. The molecule has 1 amide bonds. The van der Waals surface area contributed by atoms with Crippen molar-refractivity contribution in [1.82, 2.24) is 9.78 Å². The fourth-order valence-electron chi connectivity index (χ4n) is 3.79. The van der Waals surface area contributed by atoms with Gasteiger partial charge in [0.1, 0.15) is 5.82 Å². The molecule has 6 nitrogen and oxygen atoms in total. The normalized spacial score (nSPS) is 15.6. The first kappa shape index (κ1) is 19.1. The molecular formula is C23H25N3O3. The molecule has 0 bridgehead atoms. The van der Waals surface area contributed by atoms with Crippen molar-refractivity contribution in [2.75, 3.05) is 18.5 Å². The Bertz CT molecular complexity index is 1040. The second kappa shape index (κ2) is 7.99. The molecule has 0 saturated carbocycles. The minimum absolute atomic E-state index is 0.0234. The molecule has 1 aliphatic rings. The summed E-state index contributed by atoms with van der Waals surface area (Å²) in [5.41, 5.74) is 4.06. The minimum Gasteiger partial charge on any atom is -0.490 e. The Labute approximate surface area is 170 Å². The molecule has 2 heterocycles. The van der Waals surface area contributed by atoms with Crippen LogP contribution >= 0.6 is 0 Å². The van der Waals surface area contributed by atoms with Gasteiger partial charge in [-0.15, -0.1) is 0 Å². The van der Waals surface area contributed by atoms with Gasteiger partial charge in [-0.3, -0.25) is 4.79 Å². The zero-order chi connectivity index (χ0) is 20.4. The summed E-state index contributed by atoms with van der Waals surface area (Å²) in [7, 11) is 0. The van der Waals surface area contributed by atoms with Crippen LogP contribution in [-0.2, 0) is 4.79 Å². The van der Waals surface area contributed by atoms with Crippen LogP contribution in [0.4, 0.5) is 5.82 Å². The van der Waals surface area contributed by atoms with E-state index >= 15 is 0 Å². The number of carbonyl (C=O) groups excluding carboxylic acids is 1. The molecule has 6 heteroatoms. The molecule has 0 fully saturated rings. The van der Waals surface area contributed by atoms with Crippen LogP contribution in [0.2, 0.25) is 0 Å². The summed E-state index contributed by atoms with van der Waals surface area (Å²) >= 11 is 0. The van der Waals surface area contributed by atoms with Crippen molar-refractivity contribution in [3.8, 4) is 17.2 Å². The number of aryl methyl sites for hydroxylation is 1. The van der Waals surface area contributed by atoms with E-state index in [1.165, 1.54) is 0 Å². The molecule has 1 aliphatic heterocycles. The highest BCUT2D eigenvalue weighted by molar-refractivity contribution is 5.94. The molecule has 3 aromatic rings. The lowest BCUT2D eigenvalue weighted by atomic mass is 9.87. The van der Waals surface area contributed by atoms with Gasteiger partial charge in [-0.25, -0.2) is 4.68 Å². The van der Waals surface area contributed by atoms with Gasteiger partial charge in [-0.05, 0) is 50.1 Å². The fourth-order valence-corrected chi connectivity index (χ4v) is 3.79. The Kier molecular flexibility index (Phi) is 5.25. The van der Waals surface area contributed by atoms with E-state index in [0.717, 1.165) is 28.2 Å². The minimum atomic E-state index is -0.0913. The Morgan fingerprint density at radius 1 is 1.10 bits per heavy atom. The molecule has 1 aromatic heterocycles. The van der Waals surface area contributed by atoms with E-state index in [1.54, 1.807) is 0 Å². The van der Waals surface area contributed by atoms with Crippen LogP contribution in [0.3, 0.4) is 0 Å². The number of hydrogen-bond donors (Lipinski definition) is 1. The van der Waals surface area contributed by atoms with Crippen LogP contribution in [0.25, 0.3) is 5.69 Å². The molecule has 0 aliphatic carbocycles. The van der Waals surface area contributed by atoms with Crippen LogP contribution in [0, 0.1) is 6.92 Å². The molecule has 0 saturated heterocycles. The Hall–Kier alpha value is -3.28.